The van der Waals surface area contributed by atoms with Crippen molar-refractivity contribution >= 4 is 40.1 Å². The summed E-state index contributed by atoms with van der Waals surface area (Å²) in [6, 6.07) is 17.3. The normalized spacial score (nSPS) is 18.4. The Bertz CT molecular complexity index is 1630. The monoisotopic (exact) mass is 504 g/mol. The van der Waals surface area contributed by atoms with E-state index in [0.717, 1.165) is 17.7 Å². The lowest BCUT2D eigenvalue weighted by Crippen LogP contribution is -2.54. The van der Waals surface area contributed by atoms with Crippen LogP contribution in [0.2, 0.25) is 5.02 Å². The van der Waals surface area contributed by atoms with Crippen molar-refractivity contribution in [3.63, 3.8) is 0 Å². The number of benzene rings is 3. The minimum absolute atomic E-state index is 0.0336. The molecular weight excluding hydrogens is 487 g/mol. The fourth-order valence-electron chi connectivity index (χ4n) is 5.29. The topological polar surface area (TPSA) is 91.1 Å². The van der Waals surface area contributed by atoms with Gasteiger partial charge < -0.3 is 19.3 Å². The van der Waals surface area contributed by atoms with Crippen LogP contribution in [0.5, 0.6) is 0 Å². The van der Waals surface area contributed by atoms with Gasteiger partial charge in [0.2, 0.25) is 5.76 Å². The van der Waals surface area contributed by atoms with Crippen LogP contribution >= 0.6 is 11.6 Å². The lowest BCUT2D eigenvalue weighted by atomic mass is 9.84. The van der Waals surface area contributed by atoms with Crippen LogP contribution in [0.3, 0.4) is 0 Å². The lowest BCUT2D eigenvalue weighted by Gasteiger charge is -2.33. The summed E-state index contributed by atoms with van der Waals surface area (Å²) >= 11 is 6.02. The molecule has 7 nitrogen and oxygen atoms in total. The summed E-state index contributed by atoms with van der Waals surface area (Å²) in [5.41, 5.74) is -0.964. The van der Waals surface area contributed by atoms with E-state index in [1.54, 1.807) is 48.5 Å². The van der Waals surface area contributed by atoms with Crippen LogP contribution < -0.4 is 10.3 Å². The van der Waals surface area contributed by atoms with Gasteiger partial charge in [0.05, 0.1) is 29.8 Å². The summed E-state index contributed by atoms with van der Waals surface area (Å²) < 4.78 is 19.9. The molecule has 9 heteroatoms. The third kappa shape index (κ3) is 2.91. The Morgan fingerprint density at radius 2 is 1.75 bits per heavy atom. The van der Waals surface area contributed by atoms with Gasteiger partial charge >= 0.3 is 0 Å². The number of amides is 2. The zero-order valence-corrected chi connectivity index (χ0v) is 19.5. The fraction of sp³-hybridized carbons (Fsp3) is 0.148. The van der Waals surface area contributed by atoms with E-state index in [-0.39, 0.29) is 35.4 Å². The highest BCUT2D eigenvalue weighted by Gasteiger charge is 2.64. The number of halogens is 2. The number of rotatable bonds is 4. The molecule has 1 aromatic heterocycles. The maximum atomic E-state index is 14.4. The molecule has 36 heavy (non-hydrogen) atoms. The van der Waals surface area contributed by atoms with Crippen LogP contribution in [0.4, 0.5) is 10.1 Å². The Kier molecular flexibility index (Phi) is 5.00. The number of carbonyl (C=O) groups excluding carboxylic acids is 2. The lowest BCUT2D eigenvalue weighted by molar-refractivity contribution is -0.126. The molecule has 2 aliphatic rings. The maximum Gasteiger partial charge on any atom is 0.291 e. The molecule has 6 rings (SSSR count). The first kappa shape index (κ1) is 22.5. The molecule has 1 N–H and O–H groups in total. The molecule has 4 aromatic rings. The molecule has 2 aliphatic heterocycles. The van der Waals surface area contributed by atoms with Crippen molar-refractivity contribution in [3.8, 4) is 0 Å². The van der Waals surface area contributed by atoms with Gasteiger partial charge in [-0.05, 0) is 42.0 Å². The first-order valence-electron chi connectivity index (χ1n) is 11.2. The highest BCUT2D eigenvalue weighted by Crippen LogP contribution is 2.52. The van der Waals surface area contributed by atoms with Crippen LogP contribution in [0, 0.1) is 5.82 Å². The minimum atomic E-state index is -1.86. The van der Waals surface area contributed by atoms with Gasteiger partial charge in [-0.15, -0.1) is 0 Å². The highest BCUT2D eigenvalue weighted by atomic mass is 35.5. The van der Waals surface area contributed by atoms with E-state index >= 15 is 0 Å². The Labute approximate surface area is 208 Å². The smallest absolute Gasteiger partial charge is 0.291 e. The van der Waals surface area contributed by atoms with Gasteiger partial charge in [-0.25, -0.2) is 4.39 Å². The summed E-state index contributed by atoms with van der Waals surface area (Å²) in [5, 5.41) is 10.3. The Hall–Kier alpha value is -4.01. The first-order valence-corrected chi connectivity index (χ1v) is 11.6. The van der Waals surface area contributed by atoms with Crippen molar-refractivity contribution in [2.75, 3.05) is 18.1 Å². The second-order valence-corrected chi connectivity index (χ2v) is 9.14. The number of nitrogens with zero attached hydrogens (tertiary/aromatic N) is 2. The predicted molar refractivity (Wildman–Crippen MR) is 130 cm³/mol. The van der Waals surface area contributed by atoms with Gasteiger partial charge in [-0.2, -0.15) is 0 Å². The molecule has 0 bridgehead atoms. The van der Waals surface area contributed by atoms with Crippen molar-refractivity contribution in [2.45, 2.75) is 12.1 Å². The number of fused-ring (bicyclic) bond motifs is 5. The minimum Gasteiger partial charge on any atom is -0.450 e. The molecule has 0 aliphatic carbocycles. The fourth-order valence-corrected chi connectivity index (χ4v) is 5.42. The van der Waals surface area contributed by atoms with E-state index < -0.39 is 35.2 Å². The molecule has 3 aromatic carbocycles. The van der Waals surface area contributed by atoms with Gasteiger partial charge in [0, 0.05) is 17.1 Å². The van der Waals surface area contributed by atoms with Gasteiger partial charge in [0.1, 0.15) is 11.4 Å². The van der Waals surface area contributed by atoms with Crippen molar-refractivity contribution in [2.24, 2.45) is 0 Å². The number of anilines is 1. The summed E-state index contributed by atoms with van der Waals surface area (Å²) in [6.07, 6.45) is 0. The molecule has 0 saturated carbocycles. The molecule has 1 unspecified atom stereocenters. The summed E-state index contributed by atoms with van der Waals surface area (Å²) in [6.45, 7) is -0.517. The SMILES string of the molecule is O=C1c2oc3ccc(F)cc3c(=O)c2C2(C(=O)N(Cc3ccc(Cl)cc3)c3ccccc32)N1CCO. The number of carbonyl (C=O) groups is 2. The van der Waals surface area contributed by atoms with Crippen LogP contribution in [-0.2, 0) is 16.9 Å². The van der Waals surface area contributed by atoms with E-state index in [2.05, 4.69) is 0 Å². The van der Waals surface area contributed by atoms with Crippen LogP contribution in [0.25, 0.3) is 11.0 Å². The van der Waals surface area contributed by atoms with Crippen molar-refractivity contribution < 1.29 is 23.5 Å². The first-order chi connectivity index (χ1) is 17.4. The van der Waals surface area contributed by atoms with Crippen molar-refractivity contribution in [3.05, 3.63) is 110 Å². The van der Waals surface area contributed by atoms with Gasteiger partial charge in [0.25, 0.3) is 11.8 Å². The zero-order chi connectivity index (χ0) is 25.2. The molecule has 180 valence electrons. The molecule has 0 radical (unpaired) electrons. The molecule has 0 saturated heterocycles. The summed E-state index contributed by atoms with van der Waals surface area (Å²) in [4.78, 5) is 44.5. The average Bonchev–Trinajstić information content (AvgIpc) is 3.26. The van der Waals surface area contributed by atoms with E-state index in [1.807, 2.05) is 0 Å². The third-order valence-electron chi connectivity index (χ3n) is 6.78. The molecule has 1 spiro atoms. The zero-order valence-electron chi connectivity index (χ0n) is 18.7. The van der Waals surface area contributed by atoms with Gasteiger partial charge in [-0.3, -0.25) is 14.4 Å². The van der Waals surface area contributed by atoms with E-state index in [9.17, 15) is 23.9 Å². The Morgan fingerprint density at radius 1 is 1.00 bits per heavy atom. The molecule has 1 atom stereocenters. The van der Waals surface area contributed by atoms with Crippen LogP contribution in [0.15, 0.2) is 75.9 Å². The number of β-amino-alcohol motifs (C(OH)–C–C–N with tert-alkyl or cyclic N) is 1. The number of hydrogen-bond acceptors (Lipinski definition) is 5. The molecular formula is C27H18ClFN2O5. The number of hydrogen-bond donors (Lipinski definition) is 1. The predicted octanol–water partition coefficient (Wildman–Crippen LogP) is 3.82. The standard InChI is InChI=1S/C27H18ClFN2O5/c28-16-7-5-15(6-8-16)14-30-20-4-2-1-3-19(20)27(26(30)35)22-23(33)18-13-17(29)9-10-21(18)36-24(22)25(34)31(27)11-12-32/h1-10,13,32H,11-12,14H2. The molecule has 3 heterocycles. The van der Waals surface area contributed by atoms with E-state index in [1.165, 1.54) is 15.9 Å². The Morgan fingerprint density at radius 3 is 2.50 bits per heavy atom. The van der Waals surface area contributed by atoms with E-state index in [4.69, 9.17) is 16.0 Å². The van der Waals surface area contributed by atoms with Crippen LogP contribution in [0.1, 0.15) is 27.2 Å². The molecule has 2 amide bonds. The number of para-hydroxylation sites is 1. The van der Waals surface area contributed by atoms with Crippen molar-refractivity contribution in [1.82, 2.24) is 4.90 Å². The number of aliphatic hydroxyl groups excluding tert-OH is 1. The third-order valence-corrected chi connectivity index (χ3v) is 7.03. The maximum absolute atomic E-state index is 14.4. The quantitative estimate of drug-likeness (QED) is 0.456. The average molecular weight is 505 g/mol. The second-order valence-electron chi connectivity index (χ2n) is 8.70. The second kappa shape index (κ2) is 8.01. The van der Waals surface area contributed by atoms with Crippen LogP contribution in [-0.4, -0.2) is 35.0 Å². The highest BCUT2D eigenvalue weighted by molar-refractivity contribution is 6.30. The van der Waals surface area contributed by atoms with Crippen molar-refractivity contribution in [1.29, 1.82) is 0 Å². The summed E-state index contributed by atoms with van der Waals surface area (Å²) in [7, 11) is 0. The van der Waals surface area contributed by atoms with Gasteiger partial charge in [0.15, 0.2) is 11.0 Å². The van der Waals surface area contributed by atoms with Gasteiger partial charge in [-0.1, -0.05) is 41.9 Å². The molecule has 0 fully saturated rings. The number of aliphatic hydroxyl groups is 1. The summed E-state index contributed by atoms with van der Waals surface area (Å²) in [5.74, 6) is -2.17. The largest absolute Gasteiger partial charge is 0.450 e. The van der Waals surface area contributed by atoms with E-state index in [0.29, 0.717) is 16.3 Å². The Balaban J connectivity index is 1.65.